The Hall–Kier alpha value is -1.39. The number of nitrogens with zero attached hydrogens (tertiary/aromatic N) is 1. The lowest BCUT2D eigenvalue weighted by Gasteiger charge is -2.06. The molecule has 2 rings (SSSR count). The first-order valence-electron chi connectivity index (χ1n) is 5.60. The number of rotatable bonds is 3. The SMILES string of the molecule is Cc1cc(C(=O)OCc2ccc(Br)cc2)cc(Cl)n1. The van der Waals surface area contributed by atoms with Gasteiger partial charge in [0.15, 0.2) is 0 Å². The van der Waals surface area contributed by atoms with Crippen molar-refractivity contribution in [2.45, 2.75) is 13.5 Å². The molecule has 19 heavy (non-hydrogen) atoms. The first-order valence-corrected chi connectivity index (χ1v) is 6.77. The zero-order chi connectivity index (χ0) is 13.8. The number of aryl methyl sites for hydroxylation is 1. The fraction of sp³-hybridized carbons (Fsp3) is 0.143. The topological polar surface area (TPSA) is 39.2 Å². The maximum absolute atomic E-state index is 11.9. The number of pyridine rings is 1. The number of aromatic nitrogens is 1. The van der Waals surface area contributed by atoms with Gasteiger partial charge in [0.2, 0.25) is 0 Å². The molecule has 0 N–H and O–H groups in total. The summed E-state index contributed by atoms with van der Waals surface area (Å²) in [5, 5.41) is 0.288. The molecule has 98 valence electrons. The molecule has 1 aromatic heterocycles. The summed E-state index contributed by atoms with van der Waals surface area (Å²) in [5.41, 5.74) is 2.02. The molecule has 0 unspecified atom stereocenters. The number of ether oxygens (including phenoxy) is 1. The molecule has 0 aliphatic rings. The van der Waals surface area contributed by atoms with Gasteiger partial charge in [-0.25, -0.2) is 9.78 Å². The summed E-state index contributed by atoms with van der Waals surface area (Å²) in [5.74, 6) is -0.407. The van der Waals surface area contributed by atoms with Crippen molar-refractivity contribution in [1.29, 1.82) is 0 Å². The van der Waals surface area contributed by atoms with E-state index in [1.807, 2.05) is 24.3 Å². The third kappa shape index (κ3) is 4.04. The Labute approximate surface area is 124 Å². The number of hydrogen-bond donors (Lipinski definition) is 0. The highest BCUT2D eigenvalue weighted by Gasteiger charge is 2.09. The van der Waals surface area contributed by atoms with Crippen molar-refractivity contribution in [2.75, 3.05) is 0 Å². The first kappa shape index (κ1) is 14.0. The molecule has 0 aliphatic carbocycles. The molecule has 0 saturated carbocycles. The molecule has 0 saturated heterocycles. The van der Waals surface area contributed by atoms with Crippen LogP contribution in [-0.2, 0) is 11.3 Å². The number of esters is 1. The van der Waals surface area contributed by atoms with Gasteiger partial charge < -0.3 is 4.74 Å². The predicted molar refractivity (Wildman–Crippen MR) is 77.2 cm³/mol. The van der Waals surface area contributed by atoms with Gasteiger partial charge in [0.1, 0.15) is 11.8 Å². The molecular weight excluding hydrogens is 330 g/mol. The minimum atomic E-state index is -0.407. The van der Waals surface area contributed by atoms with Crippen molar-refractivity contribution in [2.24, 2.45) is 0 Å². The van der Waals surface area contributed by atoms with Gasteiger partial charge in [-0.1, -0.05) is 39.7 Å². The van der Waals surface area contributed by atoms with E-state index in [4.69, 9.17) is 16.3 Å². The van der Waals surface area contributed by atoms with Crippen LogP contribution in [0.15, 0.2) is 40.9 Å². The number of halogens is 2. The Kier molecular flexibility index (Phi) is 4.56. The normalized spacial score (nSPS) is 10.3. The molecule has 0 bridgehead atoms. The third-order valence-electron chi connectivity index (χ3n) is 2.44. The maximum atomic E-state index is 11.9. The summed E-state index contributed by atoms with van der Waals surface area (Å²) in [7, 11) is 0. The van der Waals surface area contributed by atoms with Gasteiger partial charge in [0.05, 0.1) is 5.56 Å². The zero-order valence-electron chi connectivity index (χ0n) is 10.2. The standard InChI is InChI=1S/C14H11BrClNO2/c1-9-6-11(7-13(16)17-9)14(18)19-8-10-2-4-12(15)5-3-10/h2-7H,8H2,1H3. The fourth-order valence-electron chi connectivity index (χ4n) is 1.56. The van der Waals surface area contributed by atoms with Gasteiger partial charge in [0.25, 0.3) is 0 Å². The highest BCUT2D eigenvalue weighted by atomic mass is 79.9. The average molecular weight is 341 g/mol. The van der Waals surface area contributed by atoms with Gasteiger partial charge >= 0.3 is 5.97 Å². The van der Waals surface area contributed by atoms with Crippen LogP contribution in [-0.4, -0.2) is 11.0 Å². The molecule has 0 spiro atoms. The maximum Gasteiger partial charge on any atom is 0.338 e. The Morgan fingerprint density at radius 3 is 2.63 bits per heavy atom. The van der Waals surface area contributed by atoms with Crippen molar-refractivity contribution >= 4 is 33.5 Å². The molecule has 1 heterocycles. The lowest BCUT2D eigenvalue weighted by Crippen LogP contribution is -2.06. The summed E-state index contributed by atoms with van der Waals surface area (Å²) >= 11 is 9.15. The van der Waals surface area contributed by atoms with E-state index in [1.54, 1.807) is 13.0 Å². The van der Waals surface area contributed by atoms with Gasteiger partial charge in [-0.05, 0) is 36.8 Å². The summed E-state index contributed by atoms with van der Waals surface area (Å²) in [6.45, 7) is 2.00. The summed E-state index contributed by atoms with van der Waals surface area (Å²) < 4.78 is 6.21. The van der Waals surface area contributed by atoms with Crippen molar-refractivity contribution in [3.8, 4) is 0 Å². The number of carbonyl (C=O) groups excluding carboxylic acids is 1. The second-order valence-electron chi connectivity index (χ2n) is 4.02. The fourth-order valence-corrected chi connectivity index (χ4v) is 2.07. The first-order chi connectivity index (χ1) is 9.04. The van der Waals surface area contributed by atoms with Gasteiger partial charge in [-0.2, -0.15) is 0 Å². The van der Waals surface area contributed by atoms with Crippen LogP contribution in [0.5, 0.6) is 0 Å². The Balaban J connectivity index is 2.03. The van der Waals surface area contributed by atoms with Crippen molar-refractivity contribution in [1.82, 2.24) is 4.98 Å². The van der Waals surface area contributed by atoms with E-state index in [1.165, 1.54) is 6.07 Å². The van der Waals surface area contributed by atoms with Crippen LogP contribution in [0.3, 0.4) is 0 Å². The van der Waals surface area contributed by atoms with Crippen molar-refractivity contribution in [3.05, 3.63) is 62.8 Å². The molecule has 0 amide bonds. The Morgan fingerprint density at radius 1 is 1.32 bits per heavy atom. The third-order valence-corrected chi connectivity index (χ3v) is 3.16. The molecule has 1 aromatic carbocycles. The second kappa shape index (κ2) is 6.17. The lowest BCUT2D eigenvalue weighted by atomic mass is 10.2. The van der Waals surface area contributed by atoms with Crippen molar-refractivity contribution in [3.63, 3.8) is 0 Å². The summed E-state index contributed by atoms with van der Waals surface area (Å²) in [4.78, 5) is 15.9. The largest absolute Gasteiger partial charge is 0.457 e. The lowest BCUT2D eigenvalue weighted by molar-refractivity contribution is 0.0472. The van der Waals surface area contributed by atoms with Crippen LogP contribution in [0.2, 0.25) is 5.15 Å². The molecular formula is C14H11BrClNO2. The average Bonchev–Trinajstić information content (AvgIpc) is 2.36. The van der Waals surface area contributed by atoms with Crippen LogP contribution >= 0.6 is 27.5 Å². The van der Waals surface area contributed by atoms with Crippen LogP contribution in [0.4, 0.5) is 0 Å². The van der Waals surface area contributed by atoms with Crippen LogP contribution < -0.4 is 0 Å². The highest BCUT2D eigenvalue weighted by Crippen LogP contribution is 2.14. The van der Waals surface area contributed by atoms with E-state index in [-0.39, 0.29) is 11.8 Å². The molecule has 3 nitrogen and oxygen atoms in total. The van der Waals surface area contributed by atoms with E-state index in [2.05, 4.69) is 20.9 Å². The zero-order valence-corrected chi connectivity index (χ0v) is 12.5. The molecule has 0 atom stereocenters. The minimum Gasteiger partial charge on any atom is -0.457 e. The quantitative estimate of drug-likeness (QED) is 0.622. The number of benzene rings is 1. The van der Waals surface area contributed by atoms with E-state index in [0.29, 0.717) is 11.3 Å². The monoisotopic (exact) mass is 339 g/mol. The highest BCUT2D eigenvalue weighted by molar-refractivity contribution is 9.10. The predicted octanol–water partition coefficient (Wildman–Crippen LogP) is 4.16. The molecule has 2 aromatic rings. The summed E-state index contributed by atoms with van der Waals surface area (Å²) in [6.07, 6.45) is 0. The van der Waals surface area contributed by atoms with Gasteiger partial charge in [0, 0.05) is 10.2 Å². The van der Waals surface area contributed by atoms with E-state index >= 15 is 0 Å². The molecule has 0 radical (unpaired) electrons. The number of hydrogen-bond acceptors (Lipinski definition) is 3. The van der Waals surface area contributed by atoms with Crippen LogP contribution in [0, 0.1) is 6.92 Å². The minimum absolute atomic E-state index is 0.227. The van der Waals surface area contributed by atoms with Gasteiger partial charge in [-0.3, -0.25) is 0 Å². The molecule has 0 fully saturated rings. The summed E-state index contributed by atoms with van der Waals surface area (Å²) in [6, 6.07) is 10.7. The molecule has 0 aliphatic heterocycles. The van der Waals surface area contributed by atoms with E-state index < -0.39 is 5.97 Å². The van der Waals surface area contributed by atoms with E-state index in [9.17, 15) is 4.79 Å². The van der Waals surface area contributed by atoms with Crippen LogP contribution in [0.1, 0.15) is 21.6 Å². The number of carbonyl (C=O) groups is 1. The van der Waals surface area contributed by atoms with Crippen LogP contribution in [0.25, 0.3) is 0 Å². The second-order valence-corrected chi connectivity index (χ2v) is 5.33. The Morgan fingerprint density at radius 2 is 2.00 bits per heavy atom. The Bertz CT molecular complexity index is 579. The smallest absolute Gasteiger partial charge is 0.338 e. The molecule has 5 heteroatoms. The van der Waals surface area contributed by atoms with Crippen molar-refractivity contribution < 1.29 is 9.53 Å². The van der Waals surface area contributed by atoms with Gasteiger partial charge in [-0.15, -0.1) is 0 Å². The van der Waals surface area contributed by atoms with E-state index in [0.717, 1.165) is 10.0 Å².